The lowest BCUT2D eigenvalue weighted by atomic mass is 10.1. The molecular weight excluding hydrogens is 583 g/mol. The number of imidazole rings is 1. The van der Waals surface area contributed by atoms with Crippen LogP contribution >= 0.6 is 11.3 Å². The summed E-state index contributed by atoms with van der Waals surface area (Å²) in [6, 6.07) is 15.6. The van der Waals surface area contributed by atoms with Crippen molar-refractivity contribution in [1.82, 2.24) is 23.8 Å². The molecule has 224 valence electrons. The monoisotopic (exact) mass is 612 g/mol. The van der Waals surface area contributed by atoms with Gasteiger partial charge in [-0.2, -0.15) is 5.26 Å². The molecule has 10 nitrogen and oxygen atoms in total. The van der Waals surface area contributed by atoms with Gasteiger partial charge in [0.1, 0.15) is 24.0 Å². The average Bonchev–Trinajstić information content (AvgIpc) is 3.64. The molecule has 44 heavy (non-hydrogen) atoms. The second-order valence-electron chi connectivity index (χ2n) is 10.7. The zero-order valence-corrected chi connectivity index (χ0v) is 25.0. The summed E-state index contributed by atoms with van der Waals surface area (Å²) in [5.41, 5.74) is 1.61. The van der Waals surface area contributed by atoms with Crippen molar-refractivity contribution in [2.45, 2.75) is 45.6 Å². The largest absolute Gasteiger partial charge is 0.481 e. The van der Waals surface area contributed by atoms with Gasteiger partial charge >= 0.3 is 5.56 Å². The van der Waals surface area contributed by atoms with Crippen molar-refractivity contribution in [2.24, 2.45) is 0 Å². The van der Waals surface area contributed by atoms with E-state index in [2.05, 4.69) is 4.98 Å². The van der Waals surface area contributed by atoms with Crippen LogP contribution in [0.15, 0.2) is 71.9 Å². The quantitative estimate of drug-likeness (QED) is 0.255. The van der Waals surface area contributed by atoms with Crippen molar-refractivity contribution in [3.63, 3.8) is 0 Å². The summed E-state index contributed by atoms with van der Waals surface area (Å²) in [4.78, 5) is 39.0. The zero-order valence-electron chi connectivity index (χ0n) is 24.1. The number of fused-ring (bicyclic) bond motifs is 1. The van der Waals surface area contributed by atoms with Gasteiger partial charge in [0.2, 0.25) is 17.4 Å². The highest BCUT2D eigenvalue weighted by molar-refractivity contribution is 7.15. The van der Waals surface area contributed by atoms with Crippen LogP contribution in [0.1, 0.15) is 35.4 Å². The van der Waals surface area contributed by atoms with Crippen LogP contribution < -0.4 is 10.3 Å². The molecule has 0 N–H and O–H groups in total. The molecule has 1 aliphatic rings. The second kappa shape index (κ2) is 12.4. The number of rotatable bonds is 8. The van der Waals surface area contributed by atoms with Gasteiger partial charge in [-0.15, -0.1) is 11.3 Å². The molecule has 1 aliphatic heterocycles. The lowest BCUT2D eigenvalue weighted by Crippen LogP contribution is -2.49. The summed E-state index contributed by atoms with van der Waals surface area (Å²) in [5.74, 6) is -0.268. The highest BCUT2D eigenvalue weighted by atomic mass is 32.1. The topological polar surface area (TPSA) is 115 Å². The lowest BCUT2D eigenvalue weighted by molar-refractivity contribution is -0.143. The third-order valence-electron chi connectivity index (χ3n) is 7.33. The predicted octanol–water partition coefficient (Wildman–Crippen LogP) is 4.44. The van der Waals surface area contributed by atoms with E-state index in [0.717, 1.165) is 10.4 Å². The van der Waals surface area contributed by atoms with E-state index in [9.17, 15) is 19.2 Å². The van der Waals surface area contributed by atoms with Crippen LogP contribution in [0.2, 0.25) is 0 Å². The molecule has 6 rings (SSSR count). The van der Waals surface area contributed by atoms with Gasteiger partial charge in [-0.1, -0.05) is 36.4 Å². The molecule has 0 radical (unpaired) electrons. The maximum atomic E-state index is 13.8. The molecule has 4 heterocycles. The van der Waals surface area contributed by atoms with Crippen molar-refractivity contribution in [1.29, 1.82) is 5.26 Å². The summed E-state index contributed by atoms with van der Waals surface area (Å²) >= 11 is 1.30. The first-order valence-corrected chi connectivity index (χ1v) is 15.0. The van der Waals surface area contributed by atoms with Crippen LogP contribution in [0.4, 0.5) is 4.39 Å². The fraction of sp³-hybridized carbons (Fsp3) is 0.281. The number of hydrogen-bond donors (Lipinski definition) is 0. The van der Waals surface area contributed by atoms with Gasteiger partial charge in [-0.3, -0.25) is 9.59 Å². The van der Waals surface area contributed by atoms with E-state index >= 15 is 0 Å². The first kappa shape index (κ1) is 29.2. The molecule has 2 aromatic carbocycles. The van der Waals surface area contributed by atoms with Crippen LogP contribution in [-0.2, 0) is 29.1 Å². The Morgan fingerprint density at radius 1 is 1.16 bits per heavy atom. The maximum absolute atomic E-state index is 13.8. The van der Waals surface area contributed by atoms with Crippen molar-refractivity contribution < 1.29 is 18.7 Å². The van der Waals surface area contributed by atoms with Crippen LogP contribution in [0.25, 0.3) is 16.5 Å². The number of ether oxygens (including phenoxy) is 2. The highest BCUT2D eigenvalue weighted by Crippen LogP contribution is 2.32. The molecule has 12 heteroatoms. The summed E-state index contributed by atoms with van der Waals surface area (Å²) in [7, 11) is 0. The first-order valence-electron chi connectivity index (χ1n) is 14.1. The van der Waals surface area contributed by atoms with Crippen LogP contribution in [0, 0.1) is 17.1 Å². The van der Waals surface area contributed by atoms with Gasteiger partial charge in [0.25, 0.3) is 0 Å². The van der Waals surface area contributed by atoms with E-state index in [0.29, 0.717) is 30.1 Å². The number of carbonyl (C=O) groups excluding carboxylic acids is 1. The molecular formula is C32H29FN6O4S. The van der Waals surface area contributed by atoms with Gasteiger partial charge < -0.3 is 18.9 Å². The van der Waals surface area contributed by atoms with Crippen molar-refractivity contribution in [3.05, 3.63) is 105 Å². The summed E-state index contributed by atoms with van der Waals surface area (Å²) in [6.45, 7) is 4.99. The predicted molar refractivity (Wildman–Crippen MR) is 162 cm³/mol. The van der Waals surface area contributed by atoms with Crippen molar-refractivity contribution >= 4 is 23.0 Å². The number of morpholine rings is 1. The Balaban J connectivity index is 1.36. The van der Waals surface area contributed by atoms with Gasteiger partial charge in [0, 0.05) is 43.0 Å². The van der Waals surface area contributed by atoms with Gasteiger partial charge in [0.05, 0.1) is 23.8 Å². The Morgan fingerprint density at radius 2 is 1.93 bits per heavy atom. The molecule has 0 saturated carbocycles. The molecule has 5 aromatic rings. The number of carbonyl (C=O) groups is 1. The maximum Gasteiger partial charge on any atom is 0.302 e. The minimum absolute atomic E-state index is 0.00331. The van der Waals surface area contributed by atoms with Gasteiger partial charge in [0.15, 0.2) is 5.69 Å². The number of nitriles is 1. The Kier molecular flexibility index (Phi) is 8.23. The minimum Gasteiger partial charge on any atom is -0.481 e. The Labute approximate surface area is 256 Å². The van der Waals surface area contributed by atoms with E-state index in [1.54, 1.807) is 34.1 Å². The van der Waals surface area contributed by atoms with Crippen molar-refractivity contribution in [3.8, 4) is 22.5 Å². The number of nitrogens with zero attached hydrogens (tertiary/aromatic N) is 6. The van der Waals surface area contributed by atoms with E-state index in [1.165, 1.54) is 27.9 Å². The standard InChI is InChI=1S/C32H29FN6O4S/c1-20-16-38(17-21(2)43-20)27(40)18-37-10-11-39-31(41)29(42-19-22-6-4-3-5-7-22)28(36-32(37)39)30-35-15-26(44-30)13-23-8-9-25(33)12-24(23)14-34/h3-12,15,20-21H,13,16-19H2,1-2H3/t20-,21+. The molecule has 3 aromatic heterocycles. The molecule has 0 spiro atoms. The van der Waals surface area contributed by atoms with E-state index in [-0.39, 0.29) is 54.1 Å². The second-order valence-corrected chi connectivity index (χ2v) is 11.9. The minimum atomic E-state index is -0.479. The highest BCUT2D eigenvalue weighted by Gasteiger charge is 2.27. The third kappa shape index (κ3) is 6.10. The summed E-state index contributed by atoms with van der Waals surface area (Å²) in [5, 5.41) is 9.92. The van der Waals surface area contributed by atoms with Crippen LogP contribution in [0.3, 0.4) is 0 Å². The molecule has 1 fully saturated rings. The van der Waals surface area contributed by atoms with Crippen molar-refractivity contribution in [2.75, 3.05) is 13.1 Å². The van der Waals surface area contributed by atoms with Gasteiger partial charge in [-0.05, 0) is 37.1 Å². The average molecular weight is 613 g/mol. The molecule has 1 saturated heterocycles. The Bertz CT molecular complexity index is 1920. The number of thiazole rings is 1. The number of halogens is 1. The Hall–Kier alpha value is -4.86. The molecule has 2 atom stereocenters. The molecule has 0 aliphatic carbocycles. The zero-order chi connectivity index (χ0) is 30.8. The van der Waals surface area contributed by atoms with E-state index in [1.807, 2.05) is 50.2 Å². The first-order chi connectivity index (χ1) is 21.3. The van der Waals surface area contributed by atoms with E-state index < -0.39 is 11.4 Å². The Morgan fingerprint density at radius 3 is 2.68 bits per heavy atom. The smallest absolute Gasteiger partial charge is 0.302 e. The lowest BCUT2D eigenvalue weighted by Gasteiger charge is -2.35. The molecule has 0 unspecified atom stereocenters. The number of hydrogen-bond acceptors (Lipinski definition) is 8. The van der Waals surface area contributed by atoms with E-state index in [4.69, 9.17) is 14.5 Å². The summed E-state index contributed by atoms with van der Waals surface area (Å²) in [6.07, 6.45) is 5.10. The van der Waals surface area contributed by atoms with Crippen LogP contribution in [0.5, 0.6) is 5.75 Å². The van der Waals surface area contributed by atoms with Crippen LogP contribution in [-0.4, -0.2) is 55.0 Å². The van der Waals surface area contributed by atoms with Gasteiger partial charge in [-0.25, -0.2) is 18.8 Å². The SMILES string of the molecule is C[C@@H]1CN(C(=O)Cn2ccn3c(=O)c(OCc4ccccc4)c(-c4ncc(Cc5ccc(F)cc5C#N)s4)nc23)C[C@H](C)O1. The number of aromatic nitrogens is 4. The number of amides is 1. The summed E-state index contributed by atoms with van der Waals surface area (Å²) < 4.78 is 28.6. The number of benzene rings is 2. The fourth-order valence-electron chi connectivity index (χ4n) is 5.31. The normalized spacial score (nSPS) is 16.6. The molecule has 1 amide bonds. The fourth-order valence-corrected chi connectivity index (χ4v) is 6.23. The third-order valence-corrected chi connectivity index (χ3v) is 8.33. The molecule has 0 bridgehead atoms.